The smallest absolute Gasteiger partial charge is 0.316 e. The van der Waals surface area contributed by atoms with Crippen LogP contribution in [0.2, 0.25) is 0 Å². The zero-order valence-corrected chi connectivity index (χ0v) is 18.8. The average molecular weight is 469 g/mol. The molecule has 2 aromatic carbocycles. The molecule has 10 heteroatoms. The number of nitrogens with zero attached hydrogens (tertiary/aromatic N) is 1. The molecule has 3 rings (SSSR count). The van der Waals surface area contributed by atoms with E-state index in [0.29, 0.717) is 22.6 Å². The topological polar surface area (TPSA) is 125 Å². The fourth-order valence-electron chi connectivity index (χ4n) is 3.55. The summed E-state index contributed by atoms with van der Waals surface area (Å²) in [7, 11) is 2.97. The van der Waals surface area contributed by atoms with Crippen molar-refractivity contribution in [1.82, 2.24) is 15.5 Å². The number of ketones is 1. The normalized spacial score (nSPS) is 16.5. The summed E-state index contributed by atoms with van der Waals surface area (Å²) in [6, 6.07) is 7.43. The van der Waals surface area contributed by atoms with Crippen molar-refractivity contribution in [2.45, 2.75) is 25.4 Å². The summed E-state index contributed by atoms with van der Waals surface area (Å²) < 4.78 is 20.0. The van der Waals surface area contributed by atoms with E-state index in [0.717, 1.165) is 0 Å². The van der Waals surface area contributed by atoms with Gasteiger partial charge in [0, 0.05) is 24.4 Å². The number of carbonyl (C=O) groups is 4. The Balaban J connectivity index is 1.87. The van der Waals surface area contributed by atoms with Crippen molar-refractivity contribution < 1.29 is 33.4 Å². The molecule has 2 aromatic rings. The van der Waals surface area contributed by atoms with Crippen LogP contribution in [0.3, 0.4) is 0 Å². The van der Waals surface area contributed by atoms with Crippen LogP contribution in [-0.4, -0.2) is 53.9 Å². The minimum absolute atomic E-state index is 0.0629. The highest BCUT2D eigenvalue weighted by Gasteiger charge is 2.35. The monoisotopic (exact) mass is 469 g/mol. The predicted octanol–water partition coefficient (Wildman–Crippen LogP) is 2.63. The minimum Gasteiger partial charge on any atom is -0.497 e. The van der Waals surface area contributed by atoms with Crippen LogP contribution in [0.4, 0.5) is 9.18 Å². The number of likely N-dealkylation sites (N-methyl/N-ethyl adjacent to an activating group) is 1. The predicted molar refractivity (Wildman–Crippen MR) is 120 cm³/mol. The molecule has 2 unspecified atom stereocenters. The summed E-state index contributed by atoms with van der Waals surface area (Å²) in [4.78, 5) is 49.9. The maximum Gasteiger partial charge on any atom is 0.316 e. The second-order valence-corrected chi connectivity index (χ2v) is 7.75. The molecule has 1 heterocycles. The lowest BCUT2D eigenvalue weighted by molar-refractivity contribution is -0.138. The lowest BCUT2D eigenvalue weighted by Gasteiger charge is -2.28. The molecule has 2 atom stereocenters. The molecule has 0 aliphatic carbocycles. The molecule has 3 N–H and O–H groups in total. The Morgan fingerprint density at radius 1 is 1.18 bits per heavy atom. The van der Waals surface area contributed by atoms with Gasteiger partial charge in [-0.1, -0.05) is 18.2 Å². The van der Waals surface area contributed by atoms with Crippen molar-refractivity contribution in [2.75, 3.05) is 14.2 Å². The molecular weight excluding hydrogens is 445 g/mol. The van der Waals surface area contributed by atoms with Crippen molar-refractivity contribution in [3.05, 3.63) is 65.6 Å². The van der Waals surface area contributed by atoms with Crippen molar-refractivity contribution in [3.63, 3.8) is 0 Å². The van der Waals surface area contributed by atoms with Gasteiger partial charge in [0.2, 0.25) is 0 Å². The van der Waals surface area contributed by atoms with Crippen LogP contribution in [-0.2, 0) is 14.4 Å². The third-order valence-corrected chi connectivity index (χ3v) is 5.48. The number of methoxy groups -OCH3 is 1. The number of ether oxygens (including phenoxy) is 1. The molecule has 0 saturated carbocycles. The molecule has 0 saturated heterocycles. The van der Waals surface area contributed by atoms with Gasteiger partial charge < -0.3 is 25.4 Å². The van der Waals surface area contributed by atoms with Crippen molar-refractivity contribution in [1.29, 1.82) is 0 Å². The highest BCUT2D eigenvalue weighted by atomic mass is 19.1. The number of urea groups is 1. The fourth-order valence-corrected chi connectivity index (χ4v) is 3.55. The van der Waals surface area contributed by atoms with Crippen LogP contribution >= 0.6 is 0 Å². The number of benzene rings is 2. The number of rotatable bonds is 7. The molecule has 3 amide bonds. The van der Waals surface area contributed by atoms with Crippen LogP contribution in [0.5, 0.6) is 5.75 Å². The molecule has 9 nitrogen and oxygen atoms in total. The molecule has 0 bridgehead atoms. The highest BCUT2D eigenvalue weighted by molar-refractivity contribution is 6.14. The van der Waals surface area contributed by atoms with Crippen molar-refractivity contribution in [2.24, 2.45) is 0 Å². The first-order valence-corrected chi connectivity index (χ1v) is 10.3. The minimum atomic E-state index is -1.47. The summed E-state index contributed by atoms with van der Waals surface area (Å²) in [6.45, 7) is 1.58. The highest BCUT2D eigenvalue weighted by Crippen LogP contribution is 2.29. The number of allylic oxidation sites excluding steroid dienone is 1. The first-order chi connectivity index (χ1) is 16.1. The van der Waals surface area contributed by atoms with E-state index in [-0.39, 0.29) is 5.56 Å². The third-order valence-electron chi connectivity index (χ3n) is 5.48. The Bertz CT molecular complexity index is 1180. The van der Waals surface area contributed by atoms with E-state index in [1.54, 1.807) is 31.2 Å². The van der Waals surface area contributed by atoms with Gasteiger partial charge >= 0.3 is 12.0 Å². The number of hydrogen-bond donors (Lipinski definition) is 3. The van der Waals surface area contributed by atoms with Crippen LogP contribution in [0.25, 0.3) is 11.1 Å². The van der Waals surface area contributed by atoms with E-state index in [4.69, 9.17) is 4.74 Å². The summed E-state index contributed by atoms with van der Waals surface area (Å²) >= 11 is 0. The Hall–Kier alpha value is -4.21. The van der Waals surface area contributed by atoms with Crippen LogP contribution in [0.15, 0.2) is 54.2 Å². The molecule has 1 aliphatic rings. The number of nitrogens with one attached hydrogen (secondary N) is 2. The summed E-state index contributed by atoms with van der Waals surface area (Å²) in [6.07, 6.45) is 0.593. The van der Waals surface area contributed by atoms with Crippen LogP contribution < -0.4 is 15.4 Å². The largest absolute Gasteiger partial charge is 0.497 e. The Morgan fingerprint density at radius 3 is 2.56 bits per heavy atom. The maximum absolute atomic E-state index is 14.7. The van der Waals surface area contributed by atoms with Gasteiger partial charge in [-0.2, -0.15) is 0 Å². The second kappa shape index (κ2) is 10.2. The van der Waals surface area contributed by atoms with E-state index in [1.807, 2.05) is 0 Å². The SMILES string of the molecule is COc1cccc(-c2ccc(F)c(C(CC(=O)O)NC(=O)NC3C(=O)C=C(C)N(C)C3=O)c2)c1. The number of carboxylic acids is 1. The number of aliphatic carboxylic acids is 1. The zero-order valence-electron chi connectivity index (χ0n) is 18.8. The van der Waals surface area contributed by atoms with Crippen LogP contribution in [0, 0.1) is 5.82 Å². The first kappa shape index (κ1) is 24.4. The van der Waals surface area contributed by atoms with Gasteiger partial charge in [-0.05, 0) is 42.3 Å². The lowest BCUT2D eigenvalue weighted by atomic mass is 9.97. The third kappa shape index (κ3) is 5.40. The summed E-state index contributed by atoms with van der Waals surface area (Å²) in [5, 5.41) is 14.0. The Kier molecular flexibility index (Phi) is 7.30. The molecule has 0 spiro atoms. The lowest BCUT2D eigenvalue weighted by Crippen LogP contribution is -2.56. The van der Waals surface area contributed by atoms with Crippen LogP contribution in [0.1, 0.15) is 24.9 Å². The standard InChI is InChI=1S/C24H24FN3O6/c1-13-9-20(29)22(23(32)28(13)2)27-24(33)26-19(12-21(30)31)17-11-15(7-8-18(17)25)14-5-4-6-16(10-14)34-3/h4-11,19,22H,12H2,1-3H3,(H,30,31)(H2,26,27,33). The Morgan fingerprint density at radius 2 is 1.88 bits per heavy atom. The molecular formula is C24H24FN3O6. The van der Waals surface area contributed by atoms with E-state index in [9.17, 15) is 28.7 Å². The maximum atomic E-state index is 14.7. The van der Waals surface area contributed by atoms with Gasteiger partial charge in [0.1, 0.15) is 11.6 Å². The molecule has 0 aromatic heterocycles. The van der Waals surface area contributed by atoms with Gasteiger partial charge in [0.25, 0.3) is 5.91 Å². The zero-order chi connectivity index (χ0) is 25.0. The number of hydrogen-bond acceptors (Lipinski definition) is 5. The van der Waals surface area contributed by atoms with Gasteiger partial charge in [0.15, 0.2) is 11.8 Å². The molecule has 178 valence electrons. The molecule has 0 fully saturated rings. The van der Waals surface area contributed by atoms with Gasteiger partial charge in [0.05, 0.1) is 19.6 Å². The first-order valence-electron chi connectivity index (χ1n) is 10.3. The van der Waals surface area contributed by atoms with Gasteiger partial charge in [-0.15, -0.1) is 0 Å². The molecule has 0 radical (unpaired) electrons. The van der Waals surface area contributed by atoms with E-state index >= 15 is 0 Å². The number of halogens is 1. The average Bonchev–Trinajstić information content (AvgIpc) is 2.80. The van der Waals surface area contributed by atoms with Crippen molar-refractivity contribution >= 4 is 23.7 Å². The summed E-state index contributed by atoms with van der Waals surface area (Å²) in [5.41, 5.74) is 1.64. The van der Waals surface area contributed by atoms with E-state index in [2.05, 4.69) is 10.6 Å². The molecule has 1 aliphatic heterocycles. The number of carbonyl (C=O) groups excluding carboxylic acids is 3. The van der Waals surface area contributed by atoms with Gasteiger partial charge in [-0.25, -0.2) is 9.18 Å². The second-order valence-electron chi connectivity index (χ2n) is 7.75. The summed E-state index contributed by atoms with van der Waals surface area (Å²) in [5.74, 6) is -2.67. The van der Waals surface area contributed by atoms with Crippen molar-refractivity contribution in [3.8, 4) is 16.9 Å². The van der Waals surface area contributed by atoms with E-state index < -0.39 is 48.0 Å². The van der Waals surface area contributed by atoms with E-state index in [1.165, 1.54) is 43.3 Å². The fraction of sp³-hybridized carbons (Fsp3) is 0.250. The quantitative estimate of drug-likeness (QED) is 0.536. The number of amides is 3. The Labute approximate surface area is 195 Å². The number of carboxylic acid groups (broad SMARTS) is 1. The van der Waals surface area contributed by atoms with Gasteiger partial charge in [-0.3, -0.25) is 14.4 Å². The molecule has 34 heavy (non-hydrogen) atoms.